The molecular formula is C16H25N3OS. The minimum Gasteiger partial charge on any atom is -0.347 e. The predicted octanol–water partition coefficient (Wildman–Crippen LogP) is 2.80. The molecule has 1 amide bonds. The zero-order valence-electron chi connectivity index (χ0n) is 12.9. The van der Waals surface area contributed by atoms with Gasteiger partial charge in [0, 0.05) is 11.4 Å². The molecule has 0 spiro atoms. The van der Waals surface area contributed by atoms with Crippen molar-refractivity contribution >= 4 is 17.2 Å². The van der Waals surface area contributed by atoms with Crippen molar-refractivity contribution in [3.05, 3.63) is 16.1 Å². The highest BCUT2D eigenvalue weighted by Crippen LogP contribution is 2.33. The van der Waals surface area contributed by atoms with Gasteiger partial charge < -0.3 is 10.6 Å². The smallest absolute Gasteiger partial charge is 0.237 e. The minimum absolute atomic E-state index is 0.00141. The van der Waals surface area contributed by atoms with Gasteiger partial charge in [-0.15, -0.1) is 11.3 Å². The molecule has 1 aromatic heterocycles. The predicted molar refractivity (Wildman–Crippen MR) is 85.3 cm³/mol. The third kappa shape index (κ3) is 3.29. The van der Waals surface area contributed by atoms with Crippen LogP contribution in [0.25, 0.3) is 0 Å². The summed E-state index contributed by atoms with van der Waals surface area (Å²) >= 11 is 1.68. The summed E-state index contributed by atoms with van der Waals surface area (Å²) in [6, 6.07) is 0.555. The fourth-order valence-electron chi connectivity index (χ4n) is 3.60. The first-order valence-corrected chi connectivity index (χ1v) is 9.06. The van der Waals surface area contributed by atoms with Gasteiger partial charge in [0.05, 0.1) is 22.8 Å². The summed E-state index contributed by atoms with van der Waals surface area (Å²) in [6.07, 6.45) is 7.10. The Hall–Kier alpha value is -0.940. The summed E-state index contributed by atoms with van der Waals surface area (Å²) in [4.78, 5) is 17.0. The zero-order valence-corrected chi connectivity index (χ0v) is 13.7. The maximum atomic E-state index is 12.5. The Morgan fingerprint density at radius 2 is 2.33 bits per heavy atom. The topological polar surface area (TPSA) is 54.0 Å². The first-order chi connectivity index (χ1) is 10.2. The van der Waals surface area contributed by atoms with Crippen molar-refractivity contribution < 1.29 is 4.79 Å². The van der Waals surface area contributed by atoms with Gasteiger partial charge in [0.25, 0.3) is 0 Å². The van der Waals surface area contributed by atoms with Crippen molar-refractivity contribution in [3.63, 3.8) is 0 Å². The van der Waals surface area contributed by atoms with Gasteiger partial charge >= 0.3 is 0 Å². The van der Waals surface area contributed by atoms with E-state index in [4.69, 9.17) is 0 Å². The Balaban J connectivity index is 1.56. The molecule has 4 atom stereocenters. The highest BCUT2D eigenvalue weighted by atomic mass is 32.1. The number of carbonyl (C=O) groups is 1. The van der Waals surface area contributed by atoms with E-state index in [9.17, 15) is 4.79 Å². The summed E-state index contributed by atoms with van der Waals surface area (Å²) in [5.74, 6) is 0.846. The van der Waals surface area contributed by atoms with Gasteiger partial charge in [-0.2, -0.15) is 0 Å². The number of hydrogen-bond acceptors (Lipinski definition) is 4. The molecule has 1 saturated carbocycles. The molecule has 1 aliphatic carbocycles. The van der Waals surface area contributed by atoms with Crippen molar-refractivity contribution in [2.45, 2.75) is 70.5 Å². The van der Waals surface area contributed by atoms with Gasteiger partial charge in [-0.3, -0.25) is 4.79 Å². The molecule has 21 heavy (non-hydrogen) atoms. The largest absolute Gasteiger partial charge is 0.347 e. The fraction of sp³-hybridized carbons (Fsp3) is 0.750. The van der Waals surface area contributed by atoms with Crippen LogP contribution in [0.4, 0.5) is 0 Å². The molecule has 2 heterocycles. The Bertz CT molecular complexity index is 487. The van der Waals surface area contributed by atoms with E-state index >= 15 is 0 Å². The van der Waals surface area contributed by atoms with E-state index < -0.39 is 0 Å². The Morgan fingerprint density at radius 1 is 1.52 bits per heavy atom. The second-order valence-electron chi connectivity index (χ2n) is 6.36. The van der Waals surface area contributed by atoms with Crippen molar-refractivity contribution in [2.75, 3.05) is 0 Å². The Labute approximate surface area is 130 Å². The number of carbonyl (C=O) groups excluding carboxylic acids is 1. The number of amides is 1. The zero-order chi connectivity index (χ0) is 14.8. The van der Waals surface area contributed by atoms with E-state index in [0.29, 0.717) is 12.0 Å². The molecule has 2 fully saturated rings. The van der Waals surface area contributed by atoms with Crippen LogP contribution in [-0.4, -0.2) is 23.0 Å². The van der Waals surface area contributed by atoms with Gasteiger partial charge in [-0.1, -0.05) is 19.8 Å². The Morgan fingerprint density at radius 3 is 3.05 bits per heavy atom. The number of aromatic nitrogens is 1. The third-order valence-electron chi connectivity index (χ3n) is 4.85. The number of fused-ring (bicyclic) bond motifs is 1. The number of nitrogens with zero attached hydrogens (tertiary/aromatic N) is 1. The molecule has 116 valence electrons. The average molecular weight is 307 g/mol. The van der Waals surface area contributed by atoms with Gasteiger partial charge in [-0.05, 0) is 38.5 Å². The number of rotatable bonds is 4. The molecule has 4 nitrogen and oxygen atoms in total. The van der Waals surface area contributed by atoms with E-state index in [-0.39, 0.29) is 18.0 Å². The lowest BCUT2D eigenvalue weighted by molar-refractivity contribution is -0.123. The second kappa shape index (κ2) is 6.44. The van der Waals surface area contributed by atoms with E-state index in [0.717, 1.165) is 23.5 Å². The third-order valence-corrected chi connectivity index (χ3v) is 5.87. The van der Waals surface area contributed by atoms with E-state index in [1.807, 2.05) is 6.92 Å². The van der Waals surface area contributed by atoms with Crippen LogP contribution in [0.2, 0.25) is 0 Å². The van der Waals surface area contributed by atoms with Crippen LogP contribution in [0.5, 0.6) is 0 Å². The number of thiazole rings is 1. The van der Waals surface area contributed by atoms with Crippen LogP contribution >= 0.6 is 11.3 Å². The molecule has 1 aromatic rings. The molecule has 2 N–H and O–H groups in total. The van der Waals surface area contributed by atoms with Crippen LogP contribution in [0.3, 0.4) is 0 Å². The highest BCUT2D eigenvalue weighted by molar-refractivity contribution is 7.09. The van der Waals surface area contributed by atoms with Crippen LogP contribution in [-0.2, 0) is 11.2 Å². The number of hydrogen-bond donors (Lipinski definition) is 2. The summed E-state index contributed by atoms with van der Waals surface area (Å²) in [6.45, 7) is 4.13. The molecule has 0 aromatic carbocycles. The first kappa shape index (κ1) is 15.0. The number of aryl methyl sites for hydroxylation is 1. The quantitative estimate of drug-likeness (QED) is 0.899. The molecule has 3 rings (SSSR count). The first-order valence-electron chi connectivity index (χ1n) is 8.18. The van der Waals surface area contributed by atoms with E-state index in [1.165, 1.54) is 25.7 Å². The van der Waals surface area contributed by atoms with Gasteiger partial charge in [0.1, 0.15) is 0 Å². The molecule has 2 aliphatic rings. The summed E-state index contributed by atoms with van der Waals surface area (Å²) in [5, 5.41) is 9.86. The molecule has 4 unspecified atom stereocenters. The minimum atomic E-state index is -0.00942. The van der Waals surface area contributed by atoms with Gasteiger partial charge in [0.15, 0.2) is 0 Å². The average Bonchev–Trinajstić information content (AvgIpc) is 3.13. The van der Waals surface area contributed by atoms with Crippen LogP contribution < -0.4 is 10.6 Å². The second-order valence-corrected chi connectivity index (χ2v) is 7.30. The van der Waals surface area contributed by atoms with Crippen molar-refractivity contribution in [2.24, 2.45) is 5.92 Å². The normalized spacial score (nSPS) is 29.9. The summed E-state index contributed by atoms with van der Waals surface area (Å²) in [7, 11) is 0. The van der Waals surface area contributed by atoms with Crippen molar-refractivity contribution in [1.82, 2.24) is 15.6 Å². The standard InChI is InChI=1S/C16H25N3OS/c1-3-15-19-14(9-21-15)10(2)17-16(20)13-8-11-6-4-5-7-12(11)18-13/h9-13,18H,3-8H2,1-2H3,(H,17,20). The monoisotopic (exact) mass is 307 g/mol. The van der Waals surface area contributed by atoms with E-state index in [1.54, 1.807) is 11.3 Å². The summed E-state index contributed by atoms with van der Waals surface area (Å²) in [5.41, 5.74) is 0.987. The van der Waals surface area contributed by atoms with Crippen molar-refractivity contribution in [3.8, 4) is 0 Å². The Kier molecular flexibility index (Phi) is 4.60. The lowest BCUT2D eigenvalue weighted by Gasteiger charge is -2.24. The number of nitrogens with one attached hydrogen (secondary N) is 2. The molecule has 1 saturated heterocycles. The van der Waals surface area contributed by atoms with Gasteiger partial charge in [-0.25, -0.2) is 4.98 Å². The lowest BCUT2D eigenvalue weighted by atomic mass is 9.85. The fourth-order valence-corrected chi connectivity index (χ4v) is 4.43. The summed E-state index contributed by atoms with van der Waals surface area (Å²) < 4.78 is 0. The maximum Gasteiger partial charge on any atom is 0.237 e. The lowest BCUT2D eigenvalue weighted by Crippen LogP contribution is -2.43. The maximum absolute atomic E-state index is 12.5. The highest BCUT2D eigenvalue weighted by Gasteiger charge is 2.38. The van der Waals surface area contributed by atoms with Crippen LogP contribution in [0.15, 0.2) is 5.38 Å². The molecule has 1 aliphatic heterocycles. The van der Waals surface area contributed by atoms with Crippen LogP contribution in [0.1, 0.15) is 62.7 Å². The van der Waals surface area contributed by atoms with Crippen LogP contribution in [0, 0.1) is 5.92 Å². The van der Waals surface area contributed by atoms with Crippen molar-refractivity contribution in [1.29, 1.82) is 0 Å². The van der Waals surface area contributed by atoms with Gasteiger partial charge in [0.2, 0.25) is 5.91 Å². The molecule has 0 bridgehead atoms. The molecule has 5 heteroatoms. The molecular weight excluding hydrogens is 282 g/mol. The van der Waals surface area contributed by atoms with E-state index in [2.05, 4.69) is 27.9 Å². The SMILES string of the molecule is CCc1nc(C(C)NC(=O)C2CC3CCCCC3N2)cs1. The molecule has 0 radical (unpaired) electrons.